The highest BCUT2D eigenvalue weighted by Gasteiger charge is 2.13. The highest BCUT2D eigenvalue weighted by atomic mass is 127. The Morgan fingerprint density at radius 3 is 2.88 bits per heavy atom. The maximum atomic E-state index is 10.2. The molecular formula is C12H12ClIN2O. The van der Waals surface area contributed by atoms with Crippen molar-refractivity contribution < 1.29 is 5.11 Å². The number of aromatic nitrogens is 2. The maximum absolute atomic E-state index is 10.2. The minimum absolute atomic E-state index is 0.497. The molecule has 5 heteroatoms. The summed E-state index contributed by atoms with van der Waals surface area (Å²) in [7, 11) is 1.86. The van der Waals surface area contributed by atoms with Gasteiger partial charge in [0.15, 0.2) is 0 Å². The van der Waals surface area contributed by atoms with E-state index in [0.29, 0.717) is 11.4 Å². The fourth-order valence-electron chi connectivity index (χ4n) is 1.65. The average molecular weight is 363 g/mol. The van der Waals surface area contributed by atoms with Crippen LogP contribution in [-0.2, 0) is 13.5 Å². The van der Waals surface area contributed by atoms with E-state index in [9.17, 15) is 5.11 Å². The first-order valence-electron chi connectivity index (χ1n) is 5.18. The van der Waals surface area contributed by atoms with Gasteiger partial charge in [-0.25, -0.2) is 0 Å². The Bertz CT molecular complexity index is 527. The molecule has 0 radical (unpaired) electrons. The Morgan fingerprint density at radius 1 is 1.47 bits per heavy atom. The third-order valence-corrected chi connectivity index (χ3v) is 3.71. The lowest BCUT2D eigenvalue weighted by molar-refractivity contribution is 0.176. The summed E-state index contributed by atoms with van der Waals surface area (Å²) < 4.78 is 2.74. The number of rotatable bonds is 3. The average Bonchev–Trinajstić information content (AvgIpc) is 2.67. The zero-order valence-electron chi connectivity index (χ0n) is 9.27. The fourth-order valence-corrected chi connectivity index (χ4v) is 2.53. The number of halogens is 2. The molecule has 1 atom stereocenters. The molecule has 0 aliphatic carbocycles. The van der Waals surface area contributed by atoms with Crippen LogP contribution < -0.4 is 0 Å². The molecule has 1 N–H and O–H groups in total. The molecule has 0 saturated carbocycles. The zero-order valence-corrected chi connectivity index (χ0v) is 12.2. The van der Waals surface area contributed by atoms with Gasteiger partial charge in [-0.3, -0.25) is 4.68 Å². The highest BCUT2D eigenvalue weighted by Crippen LogP contribution is 2.25. The van der Waals surface area contributed by atoms with Crippen LogP contribution in [0.4, 0.5) is 0 Å². The van der Waals surface area contributed by atoms with Crippen molar-refractivity contribution in [2.24, 2.45) is 7.05 Å². The van der Waals surface area contributed by atoms with E-state index in [4.69, 9.17) is 11.6 Å². The molecule has 0 fully saturated rings. The minimum Gasteiger partial charge on any atom is -0.388 e. The van der Waals surface area contributed by atoms with Gasteiger partial charge in [0, 0.05) is 28.3 Å². The Kier molecular flexibility index (Phi) is 4.06. The first-order chi connectivity index (χ1) is 8.06. The van der Waals surface area contributed by atoms with E-state index in [1.54, 1.807) is 10.7 Å². The molecule has 0 aliphatic heterocycles. The van der Waals surface area contributed by atoms with E-state index in [0.717, 1.165) is 14.8 Å². The van der Waals surface area contributed by atoms with Gasteiger partial charge >= 0.3 is 0 Å². The minimum atomic E-state index is -0.574. The Morgan fingerprint density at radius 2 is 2.24 bits per heavy atom. The number of aliphatic hydroxyl groups is 1. The summed E-state index contributed by atoms with van der Waals surface area (Å²) >= 11 is 8.13. The van der Waals surface area contributed by atoms with Crippen molar-refractivity contribution in [3.8, 4) is 0 Å². The van der Waals surface area contributed by atoms with Crippen LogP contribution in [0, 0.1) is 3.57 Å². The summed E-state index contributed by atoms with van der Waals surface area (Å²) in [5.41, 5.74) is 1.72. The lowest BCUT2D eigenvalue weighted by Crippen LogP contribution is -2.05. The van der Waals surface area contributed by atoms with Gasteiger partial charge in [0.1, 0.15) is 0 Å². The van der Waals surface area contributed by atoms with Crippen LogP contribution in [0.25, 0.3) is 0 Å². The normalized spacial score (nSPS) is 12.7. The molecule has 0 spiro atoms. The van der Waals surface area contributed by atoms with Crippen LogP contribution in [0.1, 0.15) is 17.4 Å². The van der Waals surface area contributed by atoms with Crippen LogP contribution in [0.3, 0.4) is 0 Å². The van der Waals surface area contributed by atoms with Crippen molar-refractivity contribution in [1.82, 2.24) is 9.78 Å². The standard InChI is InChI=1S/C12H12ClIN2O/c1-16-5-4-9(15-16)7-12(17)10-6-8(13)2-3-11(10)14/h2-6,12,17H,7H2,1H3. The quantitative estimate of drug-likeness (QED) is 0.853. The first-order valence-corrected chi connectivity index (χ1v) is 6.63. The summed E-state index contributed by atoms with van der Waals surface area (Å²) in [5.74, 6) is 0. The monoisotopic (exact) mass is 362 g/mol. The maximum Gasteiger partial charge on any atom is 0.0856 e. The molecule has 2 rings (SSSR count). The van der Waals surface area contributed by atoms with Gasteiger partial charge in [-0.05, 0) is 52.4 Å². The van der Waals surface area contributed by atoms with Crippen LogP contribution in [0.2, 0.25) is 5.02 Å². The molecule has 0 saturated heterocycles. The number of benzene rings is 1. The van der Waals surface area contributed by atoms with E-state index in [-0.39, 0.29) is 0 Å². The summed E-state index contributed by atoms with van der Waals surface area (Å²) in [6.45, 7) is 0. The Labute approximate surface area is 119 Å². The van der Waals surface area contributed by atoms with Crippen molar-refractivity contribution in [1.29, 1.82) is 0 Å². The van der Waals surface area contributed by atoms with Crippen LogP contribution >= 0.6 is 34.2 Å². The van der Waals surface area contributed by atoms with Gasteiger partial charge in [0.05, 0.1) is 11.8 Å². The number of hydrogen-bond acceptors (Lipinski definition) is 2. The number of nitrogens with zero attached hydrogens (tertiary/aromatic N) is 2. The third kappa shape index (κ3) is 3.20. The molecule has 1 heterocycles. The van der Waals surface area contributed by atoms with E-state index >= 15 is 0 Å². The molecule has 1 aromatic carbocycles. The van der Waals surface area contributed by atoms with Crippen LogP contribution in [0.5, 0.6) is 0 Å². The highest BCUT2D eigenvalue weighted by molar-refractivity contribution is 14.1. The smallest absolute Gasteiger partial charge is 0.0856 e. The van der Waals surface area contributed by atoms with Gasteiger partial charge in [-0.2, -0.15) is 5.10 Å². The predicted molar refractivity (Wildman–Crippen MR) is 76.0 cm³/mol. The summed E-state index contributed by atoms with van der Waals surface area (Å²) in [6, 6.07) is 7.43. The number of aliphatic hydroxyl groups excluding tert-OH is 1. The van der Waals surface area contributed by atoms with Crippen LogP contribution in [-0.4, -0.2) is 14.9 Å². The second kappa shape index (κ2) is 5.37. The van der Waals surface area contributed by atoms with Gasteiger partial charge < -0.3 is 5.11 Å². The fraction of sp³-hybridized carbons (Fsp3) is 0.250. The molecule has 2 aromatic rings. The summed E-state index contributed by atoms with van der Waals surface area (Å²) in [6.07, 6.45) is 1.79. The zero-order chi connectivity index (χ0) is 12.4. The lowest BCUT2D eigenvalue weighted by Gasteiger charge is -2.12. The molecule has 1 unspecified atom stereocenters. The second-order valence-corrected chi connectivity index (χ2v) is 5.47. The summed E-state index contributed by atoms with van der Waals surface area (Å²) in [5, 5.41) is 15.1. The van der Waals surface area contributed by atoms with Gasteiger partial charge in [0.2, 0.25) is 0 Å². The van der Waals surface area contributed by atoms with Crippen molar-refractivity contribution in [2.75, 3.05) is 0 Å². The second-order valence-electron chi connectivity index (χ2n) is 3.87. The molecule has 90 valence electrons. The molecule has 0 aliphatic rings. The van der Waals surface area contributed by atoms with E-state index in [1.165, 1.54) is 0 Å². The largest absolute Gasteiger partial charge is 0.388 e. The van der Waals surface area contributed by atoms with Crippen molar-refractivity contribution in [2.45, 2.75) is 12.5 Å². The van der Waals surface area contributed by atoms with E-state index in [2.05, 4.69) is 27.7 Å². The third-order valence-electron chi connectivity index (χ3n) is 2.49. The molecule has 17 heavy (non-hydrogen) atoms. The van der Waals surface area contributed by atoms with E-state index in [1.807, 2.05) is 31.4 Å². The van der Waals surface area contributed by atoms with Gasteiger partial charge in [-0.1, -0.05) is 11.6 Å². The molecule has 0 bridgehead atoms. The van der Waals surface area contributed by atoms with Crippen LogP contribution in [0.15, 0.2) is 30.5 Å². The van der Waals surface area contributed by atoms with Crippen molar-refractivity contribution in [3.63, 3.8) is 0 Å². The Hall–Kier alpha value is -0.590. The van der Waals surface area contributed by atoms with Crippen molar-refractivity contribution in [3.05, 3.63) is 50.3 Å². The van der Waals surface area contributed by atoms with Gasteiger partial charge in [0.25, 0.3) is 0 Å². The topological polar surface area (TPSA) is 38.0 Å². The molecule has 3 nitrogen and oxygen atoms in total. The molecular weight excluding hydrogens is 351 g/mol. The number of hydrogen-bond donors (Lipinski definition) is 1. The SMILES string of the molecule is Cn1ccc(CC(O)c2cc(Cl)ccc2I)n1. The first kappa shape index (κ1) is 12.9. The predicted octanol–water partition coefficient (Wildman–Crippen LogP) is 2.95. The molecule has 1 aromatic heterocycles. The summed E-state index contributed by atoms with van der Waals surface area (Å²) in [4.78, 5) is 0. The van der Waals surface area contributed by atoms with Gasteiger partial charge in [-0.15, -0.1) is 0 Å². The van der Waals surface area contributed by atoms with Crippen molar-refractivity contribution >= 4 is 34.2 Å². The van der Waals surface area contributed by atoms with E-state index < -0.39 is 6.10 Å². The Balaban J connectivity index is 2.19. The molecule has 0 amide bonds. The number of aryl methyl sites for hydroxylation is 1. The lowest BCUT2D eigenvalue weighted by atomic mass is 10.1.